The van der Waals surface area contributed by atoms with Crippen molar-refractivity contribution in [1.82, 2.24) is 10.3 Å². The van der Waals surface area contributed by atoms with E-state index in [0.29, 0.717) is 6.61 Å². The van der Waals surface area contributed by atoms with Gasteiger partial charge in [0.15, 0.2) is 0 Å². The molecule has 2 rings (SSSR count). The molecule has 0 bridgehead atoms. The van der Waals surface area contributed by atoms with Gasteiger partial charge >= 0.3 is 0 Å². The van der Waals surface area contributed by atoms with Crippen molar-refractivity contribution in [3.8, 4) is 0 Å². The molecule has 72 valence electrons. The Hall–Kier alpha value is -0.450. The number of methoxy groups -OCH3 is 1. The summed E-state index contributed by atoms with van der Waals surface area (Å²) in [6.45, 7) is 1.54. The van der Waals surface area contributed by atoms with Crippen molar-refractivity contribution < 1.29 is 4.74 Å². The summed E-state index contributed by atoms with van der Waals surface area (Å²) in [5, 5.41) is 6.66. The van der Waals surface area contributed by atoms with Crippen molar-refractivity contribution in [2.45, 2.75) is 32.0 Å². The first-order valence-electron chi connectivity index (χ1n) is 4.54. The lowest BCUT2D eigenvalue weighted by atomic mass is 10.5. The molecule has 0 aromatic carbocycles. The summed E-state index contributed by atoms with van der Waals surface area (Å²) in [5.74, 6) is 0. The van der Waals surface area contributed by atoms with Crippen LogP contribution in [0, 0.1) is 0 Å². The van der Waals surface area contributed by atoms with Gasteiger partial charge in [-0.3, -0.25) is 0 Å². The third-order valence-corrected chi connectivity index (χ3v) is 2.91. The van der Waals surface area contributed by atoms with Gasteiger partial charge in [-0.25, -0.2) is 4.98 Å². The average Bonchev–Trinajstić information content (AvgIpc) is 2.85. The lowest BCUT2D eigenvalue weighted by Gasteiger charge is -1.97. The lowest BCUT2D eigenvalue weighted by molar-refractivity contribution is 0.182. The van der Waals surface area contributed by atoms with E-state index in [0.717, 1.165) is 18.3 Å². The van der Waals surface area contributed by atoms with Crippen LogP contribution in [0.5, 0.6) is 0 Å². The van der Waals surface area contributed by atoms with Gasteiger partial charge < -0.3 is 10.1 Å². The van der Waals surface area contributed by atoms with Crippen LogP contribution in [0.4, 0.5) is 0 Å². The average molecular weight is 198 g/mol. The Balaban J connectivity index is 1.81. The summed E-state index contributed by atoms with van der Waals surface area (Å²) >= 11 is 1.71. The van der Waals surface area contributed by atoms with Crippen LogP contribution in [0.3, 0.4) is 0 Å². The molecule has 0 atom stereocenters. The molecule has 1 N–H and O–H groups in total. The Morgan fingerprint density at radius 2 is 2.54 bits per heavy atom. The molecular formula is C9H14N2OS. The molecule has 1 aromatic heterocycles. The van der Waals surface area contributed by atoms with E-state index in [1.54, 1.807) is 18.4 Å². The number of hydrogen-bond acceptors (Lipinski definition) is 4. The fourth-order valence-electron chi connectivity index (χ4n) is 1.16. The molecule has 0 radical (unpaired) electrons. The van der Waals surface area contributed by atoms with E-state index in [9.17, 15) is 0 Å². The van der Waals surface area contributed by atoms with Gasteiger partial charge in [0.1, 0.15) is 5.01 Å². The van der Waals surface area contributed by atoms with Crippen molar-refractivity contribution >= 4 is 11.3 Å². The zero-order chi connectivity index (χ0) is 9.10. The molecule has 0 aliphatic heterocycles. The molecule has 1 aliphatic carbocycles. The predicted molar refractivity (Wildman–Crippen MR) is 52.7 cm³/mol. The number of ether oxygens (including phenoxy) is 1. The molecule has 1 fully saturated rings. The van der Waals surface area contributed by atoms with Gasteiger partial charge in [-0.2, -0.15) is 0 Å². The molecule has 1 aliphatic rings. The minimum absolute atomic E-state index is 0.625. The first-order valence-corrected chi connectivity index (χ1v) is 5.42. The molecule has 0 unspecified atom stereocenters. The fraction of sp³-hybridized carbons (Fsp3) is 0.667. The zero-order valence-electron chi connectivity index (χ0n) is 7.75. The first-order chi connectivity index (χ1) is 6.38. The first kappa shape index (κ1) is 9.12. The van der Waals surface area contributed by atoms with Crippen LogP contribution < -0.4 is 5.32 Å². The number of thiazole rings is 1. The maximum atomic E-state index is 5.00. The van der Waals surface area contributed by atoms with Gasteiger partial charge in [0.05, 0.1) is 12.3 Å². The normalized spacial score (nSPS) is 16.4. The molecule has 4 heteroatoms. The van der Waals surface area contributed by atoms with Gasteiger partial charge in [0.2, 0.25) is 0 Å². The molecule has 3 nitrogen and oxygen atoms in total. The third kappa shape index (κ3) is 2.76. The highest BCUT2D eigenvalue weighted by molar-refractivity contribution is 7.09. The Morgan fingerprint density at radius 1 is 1.69 bits per heavy atom. The molecular weight excluding hydrogens is 184 g/mol. The van der Waals surface area contributed by atoms with Crippen molar-refractivity contribution in [2.75, 3.05) is 7.11 Å². The molecule has 1 aromatic rings. The summed E-state index contributed by atoms with van der Waals surface area (Å²) < 4.78 is 5.00. The second-order valence-corrected chi connectivity index (χ2v) is 4.26. The standard InChI is InChI=1S/C9H14N2OS/c1-12-5-8-6-13-9(11-8)4-10-7-2-3-7/h6-7,10H,2-5H2,1H3. The minimum Gasteiger partial charge on any atom is -0.378 e. The van der Waals surface area contributed by atoms with Crippen LogP contribution in [0.2, 0.25) is 0 Å². The van der Waals surface area contributed by atoms with Crippen molar-refractivity contribution in [3.05, 3.63) is 16.1 Å². The maximum absolute atomic E-state index is 5.00. The van der Waals surface area contributed by atoms with Crippen molar-refractivity contribution in [1.29, 1.82) is 0 Å². The quantitative estimate of drug-likeness (QED) is 0.779. The van der Waals surface area contributed by atoms with Gasteiger partial charge in [-0.15, -0.1) is 11.3 Å². The molecule has 13 heavy (non-hydrogen) atoms. The SMILES string of the molecule is COCc1csc(CNC2CC2)n1. The second kappa shape index (κ2) is 4.17. The van der Waals surface area contributed by atoms with E-state index in [1.807, 2.05) is 0 Å². The number of rotatable bonds is 5. The van der Waals surface area contributed by atoms with Crippen LogP contribution >= 0.6 is 11.3 Å². The van der Waals surface area contributed by atoms with E-state index in [4.69, 9.17) is 4.74 Å². The number of hydrogen-bond donors (Lipinski definition) is 1. The molecule has 1 heterocycles. The predicted octanol–water partition coefficient (Wildman–Crippen LogP) is 1.54. The fourth-order valence-corrected chi connectivity index (χ4v) is 1.89. The topological polar surface area (TPSA) is 34.1 Å². The van der Waals surface area contributed by atoms with Gasteiger partial charge in [-0.05, 0) is 12.8 Å². The summed E-state index contributed by atoms with van der Waals surface area (Å²) in [7, 11) is 1.70. The molecule has 0 spiro atoms. The Labute approximate surface area is 82.1 Å². The van der Waals surface area contributed by atoms with Gasteiger partial charge in [0, 0.05) is 25.1 Å². The lowest BCUT2D eigenvalue weighted by Crippen LogP contribution is -2.15. The molecule has 0 amide bonds. The minimum atomic E-state index is 0.625. The van der Waals surface area contributed by atoms with Gasteiger partial charge in [-0.1, -0.05) is 0 Å². The third-order valence-electron chi connectivity index (χ3n) is 2.01. The van der Waals surface area contributed by atoms with E-state index in [1.165, 1.54) is 17.8 Å². The number of nitrogens with zero attached hydrogens (tertiary/aromatic N) is 1. The van der Waals surface area contributed by atoms with Crippen LogP contribution in [0.1, 0.15) is 23.5 Å². The summed E-state index contributed by atoms with van der Waals surface area (Å²) in [4.78, 5) is 4.43. The highest BCUT2D eigenvalue weighted by atomic mass is 32.1. The summed E-state index contributed by atoms with van der Waals surface area (Å²) in [6.07, 6.45) is 2.66. The zero-order valence-corrected chi connectivity index (χ0v) is 8.56. The van der Waals surface area contributed by atoms with Crippen molar-refractivity contribution in [3.63, 3.8) is 0 Å². The van der Waals surface area contributed by atoms with Crippen LogP contribution in [0.25, 0.3) is 0 Å². The largest absolute Gasteiger partial charge is 0.378 e. The van der Waals surface area contributed by atoms with Gasteiger partial charge in [0.25, 0.3) is 0 Å². The smallest absolute Gasteiger partial charge is 0.107 e. The maximum Gasteiger partial charge on any atom is 0.107 e. The Bertz CT molecular complexity index is 270. The van der Waals surface area contributed by atoms with Crippen LogP contribution in [-0.4, -0.2) is 18.1 Å². The van der Waals surface area contributed by atoms with E-state index in [-0.39, 0.29) is 0 Å². The highest BCUT2D eigenvalue weighted by Gasteiger charge is 2.20. The second-order valence-electron chi connectivity index (χ2n) is 3.32. The van der Waals surface area contributed by atoms with Crippen LogP contribution in [0.15, 0.2) is 5.38 Å². The number of nitrogens with one attached hydrogen (secondary N) is 1. The van der Waals surface area contributed by atoms with Crippen molar-refractivity contribution in [2.24, 2.45) is 0 Å². The van der Waals surface area contributed by atoms with Crippen LogP contribution in [-0.2, 0) is 17.9 Å². The monoisotopic (exact) mass is 198 g/mol. The summed E-state index contributed by atoms with van der Waals surface area (Å²) in [6, 6.07) is 0.759. The Morgan fingerprint density at radius 3 is 3.23 bits per heavy atom. The Kier molecular flexibility index (Phi) is 2.93. The van der Waals surface area contributed by atoms with E-state index < -0.39 is 0 Å². The number of aromatic nitrogens is 1. The molecule has 0 saturated heterocycles. The van der Waals surface area contributed by atoms with E-state index in [2.05, 4.69) is 15.7 Å². The summed E-state index contributed by atoms with van der Waals surface area (Å²) in [5.41, 5.74) is 1.04. The highest BCUT2D eigenvalue weighted by Crippen LogP contribution is 2.20. The van der Waals surface area contributed by atoms with E-state index >= 15 is 0 Å². The molecule has 1 saturated carbocycles.